The molecular weight excluding hydrogens is 229 g/mol. The molecule has 8 nitrogen and oxygen atoms in total. The molecule has 0 heterocycles. The molecule has 0 saturated carbocycles. The normalized spacial score (nSPS) is 9.80. The summed E-state index contributed by atoms with van der Waals surface area (Å²) in [6.07, 6.45) is 1.13. The van der Waals surface area contributed by atoms with Gasteiger partial charge in [-0.1, -0.05) is 6.08 Å². The summed E-state index contributed by atoms with van der Waals surface area (Å²) in [5.41, 5.74) is 0. The van der Waals surface area contributed by atoms with Gasteiger partial charge < -0.3 is 15.2 Å². The highest BCUT2D eigenvalue weighted by atomic mass is 32.2. The van der Waals surface area contributed by atoms with Crippen LogP contribution in [0.2, 0.25) is 0 Å². The Morgan fingerprint density at radius 3 is 2.27 bits per heavy atom. The zero-order valence-electron chi connectivity index (χ0n) is 7.95. The molecule has 88 valence electrons. The van der Waals surface area contributed by atoms with Gasteiger partial charge >= 0.3 is 7.32 Å². The number of hydrogen-bond acceptors (Lipinski definition) is 6. The molecule has 0 spiro atoms. The van der Waals surface area contributed by atoms with Crippen LogP contribution in [-0.2, 0) is 19.6 Å². The molecule has 0 rings (SSSR count). The van der Waals surface area contributed by atoms with Crippen molar-refractivity contribution in [2.24, 2.45) is 0 Å². The Morgan fingerprint density at radius 1 is 1.60 bits per heavy atom. The van der Waals surface area contributed by atoms with Crippen molar-refractivity contribution in [3.63, 3.8) is 0 Å². The van der Waals surface area contributed by atoms with Gasteiger partial charge in [0.1, 0.15) is 0 Å². The van der Waals surface area contributed by atoms with Crippen LogP contribution in [0.1, 0.15) is 6.92 Å². The molecule has 0 unspecified atom stereocenters. The highest BCUT2D eigenvalue weighted by Gasteiger charge is 2.14. The summed E-state index contributed by atoms with van der Waals surface area (Å²) in [5.74, 6) is -1.18. The molecule has 0 aliphatic carbocycles. The van der Waals surface area contributed by atoms with Crippen LogP contribution in [0.3, 0.4) is 0 Å². The van der Waals surface area contributed by atoms with Crippen LogP contribution >= 0.6 is 0 Å². The van der Waals surface area contributed by atoms with Crippen LogP contribution in [0.4, 0.5) is 0 Å². The largest absolute Gasteiger partial charge is 0.652 e. The third-order valence-corrected chi connectivity index (χ3v) is 1.64. The van der Waals surface area contributed by atoms with Crippen molar-refractivity contribution in [3.05, 3.63) is 12.7 Å². The number of carboxylic acid groups (broad SMARTS) is 1. The summed E-state index contributed by atoms with van der Waals surface area (Å²) in [5, 5.41) is 23.5. The van der Waals surface area contributed by atoms with Gasteiger partial charge in [0.25, 0.3) is 5.97 Å². The maximum atomic E-state index is 10.6. The molecule has 0 aromatic rings. The lowest BCUT2D eigenvalue weighted by atomic mass is 10.3. The Labute approximate surface area is 87.4 Å². The average molecular weight is 241 g/mol. The third-order valence-electron chi connectivity index (χ3n) is 0.618. The molecular formula is C5H12BNO7S. The predicted molar refractivity (Wildman–Crippen MR) is 51.7 cm³/mol. The van der Waals surface area contributed by atoms with E-state index in [1.165, 1.54) is 4.89 Å². The number of nitrogens with one attached hydrogen (secondary N) is 1. The third kappa shape index (κ3) is 19.5. The molecule has 0 aliphatic rings. The van der Waals surface area contributed by atoms with Gasteiger partial charge in [0, 0.05) is 6.92 Å². The second kappa shape index (κ2) is 8.38. The molecule has 0 radical (unpaired) electrons. The van der Waals surface area contributed by atoms with Crippen LogP contribution in [0.15, 0.2) is 12.7 Å². The van der Waals surface area contributed by atoms with Crippen molar-refractivity contribution in [2.75, 3.05) is 5.75 Å². The SMILES string of the molecule is C=CCS(=O)(=O)NOB(O)O.CC(=O)O. The van der Waals surface area contributed by atoms with E-state index in [0.717, 1.165) is 13.0 Å². The number of rotatable bonds is 5. The van der Waals surface area contributed by atoms with Crippen molar-refractivity contribution in [1.29, 1.82) is 0 Å². The van der Waals surface area contributed by atoms with Crippen LogP contribution in [0.5, 0.6) is 0 Å². The van der Waals surface area contributed by atoms with Gasteiger partial charge in [-0.05, 0) is 0 Å². The molecule has 0 aliphatic heterocycles. The van der Waals surface area contributed by atoms with Gasteiger partial charge in [-0.2, -0.15) is 0 Å². The summed E-state index contributed by atoms with van der Waals surface area (Å²) in [4.78, 5) is 10.5. The van der Waals surface area contributed by atoms with E-state index in [1.54, 1.807) is 0 Å². The van der Waals surface area contributed by atoms with Gasteiger partial charge in [-0.15, -0.1) is 11.5 Å². The first-order valence-corrected chi connectivity index (χ1v) is 5.18. The van der Waals surface area contributed by atoms with Crippen molar-refractivity contribution >= 4 is 23.3 Å². The molecule has 4 N–H and O–H groups in total. The molecule has 0 amide bonds. The zero-order chi connectivity index (χ0) is 12.5. The summed E-state index contributed by atoms with van der Waals surface area (Å²) < 4.78 is 25.0. The quantitative estimate of drug-likeness (QED) is 0.250. The van der Waals surface area contributed by atoms with E-state index < -0.39 is 23.3 Å². The Hall–Kier alpha value is -0.935. The summed E-state index contributed by atoms with van der Waals surface area (Å²) >= 11 is 0. The number of carboxylic acids is 1. The van der Waals surface area contributed by atoms with Crippen molar-refractivity contribution in [2.45, 2.75) is 6.92 Å². The number of aliphatic carboxylic acids is 1. The van der Waals surface area contributed by atoms with Crippen molar-refractivity contribution in [1.82, 2.24) is 4.89 Å². The Balaban J connectivity index is 0. The van der Waals surface area contributed by atoms with E-state index >= 15 is 0 Å². The van der Waals surface area contributed by atoms with Crippen LogP contribution in [0.25, 0.3) is 0 Å². The van der Waals surface area contributed by atoms with Gasteiger partial charge in [0.05, 0.1) is 5.75 Å². The fourth-order valence-corrected chi connectivity index (χ4v) is 0.917. The molecule has 0 aromatic carbocycles. The van der Waals surface area contributed by atoms with Gasteiger partial charge in [-0.25, -0.2) is 8.42 Å². The van der Waals surface area contributed by atoms with E-state index in [0.29, 0.717) is 0 Å². The fraction of sp³-hybridized carbons (Fsp3) is 0.400. The average Bonchev–Trinajstić information content (AvgIpc) is 2.00. The Kier molecular flexibility index (Phi) is 9.21. The van der Waals surface area contributed by atoms with Gasteiger partial charge in [0.2, 0.25) is 10.0 Å². The molecule has 15 heavy (non-hydrogen) atoms. The van der Waals surface area contributed by atoms with Crippen molar-refractivity contribution < 1.29 is 33.1 Å². The zero-order valence-corrected chi connectivity index (χ0v) is 8.77. The van der Waals surface area contributed by atoms with E-state index in [9.17, 15) is 8.42 Å². The first-order valence-electron chi connectivity index (χ1n) is 3.53. The lowest BCUT2D eigenvalue weighted by molar-refractivity contribution is -0.134. The summed E-state index contributed by atoms with van der Waals surface area (Å²) in [7, 11) is -5.79. The maximum Gasteiger partial charge on any atom is 0.652 e. The molecule has 0 saturated heterocycles. The topological polar surface area (TPSA) is 133 Å². The summed E-state index contributed by atoms with van der Waals surface area (Å²) in [6.45, 7) is 4.26. The van der Waals surface area contributed by atoms with E-state index in [-0.39, 0.29) is 5.75 Å². The highest BCUT2D eigenvalue weighted by molar-refractivity contribution is 7.89. The highest BCUT2D eigenvalue weighted by Crippen LogP contribution is 1.84. The lowest BCUT2D eigenvalue weighted by Gasteiger charge is -2.02. The maximum absolute atomic E-state index is 10.6. The fourth-order valence-electron chi connectivity index (χ4n) is 0.306. The monoisotopic (exact) mass is 241 g/mol. The second-order valence-electron chi connectivity index (χ2n) is 2.12. The Bertz CT molecular complexity index is 284. The minimum absolute atomic E-state index is 0.348. The molecule has 0 aromatic heterocycles. The summed E-state index contributed by atoms with van der Waals surface area (Å²) in [6, 6.07) is 0. The number of hydrogen-bond donors (Lipinski definition) is 4. The molecule has 0 fully saturated rings. The lowest BCUT2D eigenvalue weighted by Crippen LogP contribution is -2.33. The van der Waals surface area contributed by atoms with E-state index in [4.69, 9.17) is 19.9 Å². The number of sulfonamides is 1. The number of carbonyl (C=O) groups is 1. The minimum atomic E-state index is -3.64. The predicted octanol–water partition coefficient (Wildman–Crippen LogP) is -1.92. The molecule has 10 heteroatoms. The van der Waals surface area contributed by atoms with Crippen LogP contribution in [0, 0.1) is 0 Å². The first-order chi connectivity index (χ1) is 6.71. The molecule has 0 atom stereocenters. The van der Waals surface area contributed by atoms with Crippen molar-refractivity contribution in [3.8, 4) is 0 Å². The van der Waals surface area contributed by atoms with Gasteiger partial charge in [0.15, 0.2) is 0 Å². The van der Waals surface area contributed by atoms with Crippen LogP contribution < -0.4 is 4.89 Å². The van der Waals surface area contributed by atoms with E-state index in [2.05, 4.69) is 11.3 Å². The Morgan fingerprint density at radius 2 is 2.00 bits per heavy atom. The minimum Gasteiger partial charge on any atom is -0.481 e. The second-order valence-corrected chi connectivity index (χ2v) is 3.85. The molecule has 0 bridgehead atoms. The standard InChI is InChI=1S/C3H8BNO5S.C2H4O2/c1-2-3-11(8,9)5-10-4(6)7;1-2(3)4/h2,5-7H,1,3H2;1H3,(H,3,4). The van der Waals surface area contributed by atoms with Crippen LogP contribution in [-0.4, -0.2) is 42.6 Å². The smallest absolute Gasteiger partial charge is 0.481 e. The van der Waals surface area contributed by atoms with E-state index in [1.807, 2.05) is 0 Å². The van der Waals surface area contributed by atoms with Gasteiger partial charge in [-0.3, -0.25) is 9.55 Å². The first kappa shape index (κ1) is 16.5.